The monoisotopic (exact) mass is 178 g/mol. The Kier molecular flexibility index (Phi) is 22.8. The summed E-state index contributed by atoms with van der Waals surface area (Å²) < 4.78 is 0. The predicted octanol–water partition coefficient (Wildman–Crippen LogP) is -0.0476. The molecule has 0 aliphatic rings. The molecule has 0 aromatic carbocycles. The summed E-state index contributed by atoms with van der Waals surface area (Å²) >= 11 is 0. The van der Waals surface area contributed by atoms with Gasteiger partial charge in [0.2, 0.25) is 0 Å². The van der Waals surface area contributed by atoms with Crippen LogP contribution >= 0.6 is 0 Å². The summed E-state index contributed by atoms with van der Waals surface area (Å²) in [5.41, 5.74) is 0. The maximum atomic E-state index is 9.60. The molecule has 0 bridgehead atoms. The third-order valence-corrected chi connectivity index (χ3v) is 0.464. The normalized spacial score (nSPS) is 6.12. The quantitative estimate of drug-likeness (QED) is 0.602. The Morgan fingerprint density at radius 1 is 1.62 bits per heavy atom. The van der Waals surface area contributed by atoms with Gasteiger partial charge in [0.15, 0.2) is 0 Å². The van der Waals surface area contributed by atoms with Gasteiger partial charge in [-0.1, -0.05) is 6.92 Å². The van der Waals surface area contributed by atoms with Crippen molar-refractivity contribution in [1.29, 1.82) is 0 Å². The molecular weight excluding hydrogens is 168 g/mol. The van der Waals surface area contributed by atoms with Crippen LogP contribution in [0.2, 0.25) is 0 Å². The summed E-state index contributed by atoms with van der Waals surface area (Å²) in [4.78, 5) is 9.60. The van der Waals surface area contributed by atoms with E-state index in [0.29, 0.717) is 6.42 Å². The molecule has 2 nitrogen and oxygen atoms in total. The molecule has 0 rings (SSSR count). The second-order valence-electron chi connectivity index (χ2n) is 1.14. The molecule has 0 radical (unpaired) electrons. The predicted molar refractivity (Wildman–Crippen MR) is 31.1 cm³/mol. The van der Waals surface area contributed by atoms with Crippen molar-refractivity contribution in [3.63, 3.8) is 0 Å². The van der Waals surface area contributed by atoms with Crippen LogP contribution in [0.5, 0.6) is 0 Å². The molecular formula is C4H10CaO2Ti. The van der Waals surface area contributed by atoms with Gasteiger partial charge in [0.25, 0.3) is 0 Å². The van der Waals surface area contributed by atoms with Crippen LogP contribution in [0.15, 0.2) is 0 Å². The zero-order valence-corrected chi connectivity index (χ0v) is 5.83. The molecule has 4 heteroatoms. The van der Waals surface area contributed by atoms with Crippen molar-refractivity contribution in [3.05, 3.63) is 0 Å². The smallest absolute Gasteiger partial charge is 0 e. The first-order valence-corrected chi connectivity index (χ1v) is 1.99. The Morgan fingerprint density at radius 2 is 2.00 bits per heavy atom. The fourth-order valence-corrected chi connectivity index (χ4v) is 0.214. The summed E-state index contributed by atoms with van der Waals surface area (Å²) in [5, 5.41) is 7.91. The zero-order valence-electron chi connectivity index (χ0n) is 4.27. The molecule has 0 unspecified atom stereocenters. The molecule has 0 saturated carbocycles. The Labute approximate surface area is 93.9 Å². The van der Waals surface area contributed by atoms with E-state index in [9.17, 15) is 4.79 Å². The van der Waals surface area contributed by atoms with Crippen molar-refractivity contribution in [2.75, 3.05) is 0 Å². The molecule has 0 heterocycles. The first-order chi connectivity index (χ1) is 2.77. The molecule has 0 fully saturated rings. The molecule has 0 aliphatic carbocycles. The average Bonchev–Trinajstić information content (AvgIpc) is 1.35. The maximum Gasteiger partial charge on any atom is 0 e. The second-order valence-corrected chi connectivity index (χ2v) is 1.14. The van der Waals surface area contributed by atoms with Crippen molar-refractivity contribution < 1.29 is 31.6 Å². The molecule has 44 valence electrons. The molecule has 0 aromatic heterocycles. The SMILES string of the molecule is CCCC(=O)O.[CaH2].[Ti]. The Balaban J connectivity index is -0.000000125. The van der Waals surface area contributed by atoms with E-state index >= 15 is 0 Å². The Bertz CT molecular complexity index is 58.0. The van der Waals surface area contributed by atoms with Crippen LogP contribution in [-0.2, 0) is 26.5 Å². The first kappa shape index (κ1) is 16.2. The van der Waals surface area contributed by atoms with E-state index in [-0.39, 0.29) is 59.5 Å². The van der Waals surface area contributed by atoms with E-state index < -0.39 is 5.97 Å². The molecule has 0 spiro atoms. The number of hydrogen-bond donors (Lipinski definition) is 1. The number of carbonyl (C=O) groups is 1. The number of carboxylic acid groups (broad SMARTS) is 1. The van der Waals surface area contributed by atoms with Crippen LogP contribution in [-0.4, -0.2) is 48.8 Å². The van der Waals surface area contributed by atoms with Gasteiger partial charge >= 0.3 is 43.7 Å². The summed E-state index contributed by atoms with van der Waals surface area (Å²) in [7, 11) is 0. The number of hydrogen-bond acceptors (Lipinski definition) is 1. The largest absolute Gasteiger partial charge is 0 e. The van der Waals surface area contributed by atoms with Gasteiger partial charge in [0.05, 0.1) is 0 Å². The Hall–Kier alpha value is 1.44. The van der Waals surface area contributed by atoms with E-state index in [1.165, 1.54) is 0 Å². The molecule has 0 aromatic rings. The summed E-state index contributed by atoms with van der Waals surface area (Å²) in [5.74, 6) is -0.711. The van der Waals surface area contributed by atoms with Crippen LogP contribution in [0.1, 0.15) is 19.8 Å². The van der Waals surface area contributed by atoms with Gasteiger partial charge in [-0.3, -0.25) is 4.79 Å². The summed E-state index contributed by atoms with van der Waals surface area (Å²) in [6.45, 7) is 1.84. The Morgan fingerprint density at radius 3 is 2.00 bits per heavy atom. The van der Waals surface area contributed by atoms with Crippen molar-refractivity contribution in [1.82, 2.24) is 0 Å². The first-order valence-electron chi connectivity index (χ1n) is 1.99. The standard InChI is InChI=1S/C4H8O2.Ca.Ti.2H/c1-2-3-4(5)6;;;;/h2-3H2,1H3,(H,5,6);;;;. The minimum Gasteiger partial charge on any atom is 0 e. The van der Waals surface area contributed by atoms with Gasteiger partial charge in [-0.25, -0.2) is 0 Å². The van der Waals surface area contributed by atoms with Crippen molar-refractivity contribution in [3.8, 4) is 0 Å². The maximum absolute atomic E-state index is 9.60. The van der Waals surface area contributed by atoms with Crippen LogP contribution in [0.3, 0.4) is 0 Å². The molecule has 0 amide bonds. The van der Waals surface area contributed by atoms with Gasteiger partial charge in [0.1, 0.15) is 0 Å². The van der Waals surface area contributed by atoms with E-state index in [1.807, 2.05) is 6.92 Å². The van der Waals surface area contributed by atoms with Crippen molar-refractivity contribution >= 4 is 43.7 Å². The second kappa shape index (κ2) is 11.3. The minimum absolute atomic E-state index is 0. The zero-order chi connectivity index (χ0) is 4.99. The van der Waals surface area contributed by atoms with Gasteiger partial charge in [-0.05, 0) is 6.42 Å². The van der Waals surface area contributed by atoms with Crippen molar-refractivity contribution in [2.45, 2.75) is 19.8 Å². The third kappa shape index (κ3) is 15.7. The molecule has 8 heavy (non-hydrogen) atoms. The van der Waals surface area contributed by atoms with Gasteiger partial charge in [-0.2, -0.15) is 0 Å². The van der Waals surface area contributed by atoms with Gasteiger partial charge in [-0.15, -0.1) is 0 Å². The number of rotatable bonds is 2. The van der Waals surface area contributed by atoms with E-state index in [2.05, 4.69) is 0 Å². The fourth-order valence-electron chi connectivity index (χ4n) is 0.214. The molecule has 0 aliphatic heterocycles. The van der Waals surface area contributed by atoms with Gasteiger partial charge in [0, 0.05) is 28.1 Å². The van der Waals surface area contributed by atoms with Crippen LogP contribution < -0.4 is 0 Å². The van der Waals surface area contributed by atoms with E-state index in [4.69, 9.17) is 5.11 Å². The topological polar surface area (TPSA) is 37.3 Å². The van der Waals surface area contributed by atoms with E-state index in [0.717, 1.165) is 6.42 Å². The summed E-state index contributed by atoms with van der Waals surface area (Å²) in [6, 6.07) is 0. The molecule has 0 saturated heterocycles. The number of aliphatic carboxylic acids is 1. The van der Waals surface area contributed by atoms with Crippen LogP contribution in [0.4, 0.5) is 0 Å². The van der Waals surface area contributed by atoms with Gasteiger partial charge < -0.3 is 5.11 Å². The van der Waals surface area contributed by atoms with Crippen LogP contribution in [0, 0.1) is 0 Å². The third-order valence-electron chi connectivity index (χ3n) is 0.464. The van der Waals surface area contributed by atoms with E-state index in [1.54, 1.807) is 0 Å². The summed E-state index contributed by atoms with van der Waals surface area (Å²) in [6.07, 6.45) is 1.02. The molecule has 1 N–H and O–H groups in total. The van der Waals surface area contributed by atoms with Crippen LogP contribution in [0.25, 0.3) is 0 Å². The molecule has 0 atom stereocenters. The minimum atomic E-state index is -0.711. The van der Waals surface area contributed by atoms with Crippen molar-refractivity contribution in [2.24, 2.45) is 0 Å². The average molecular weight is 178 g/mol. The number of carboxylic acids is 1. The fraction of sp³-hybridized carbons (Fsp3) is 0.750.